The molecule has 0 atom stereocenters. The highest BCUT2D eigenvalue weighted by Gasteiger charge is 2.15. The highest BCUT2D eigenvalue weighted by atomic mass is 19.1. The molecule has 0 bridgehead atoms. The van der Waals surface area contributed by atoms with E-state index in [1.54, 1.807) is 0 Å². The summed E-state index contributed by atoms with van der Waals surface area (Å²) in [5.41, 5.74) is 4.17. The van der Waals surface area contributed by atoms with E-state index in [-0.39, 0.29) is 5.83 Å². The summed E-state index contributed by atoms with van der Waals surface area (Å²) in [5.74, 6) is 0.685. The number of hydrogen-bond acceptors (Lipinski definition) is 3. The average Bonchev–Trinajstić information content (AvgIpc) is 2.70. The molecule has 2 heterocycles. The summed E-state index contributed by atoms with van der Waals surface area (Å²) in [6.45, 7) is 9.95. The summed E-state index contributed by atoms with van der Waals surface area (Å²) in [4.78, 5) is 8.95. The van der Waals surface area contributed by atoms with Crippen LogP contribution in [0.5, 0.6) is 0 Å². The van der Waals surface area contributed by atoms with Gasteiger partial charge in [-0.25, -0.2) is 9.37 Å². The molecule has 144 valence electrons. The molecule has 0 fully saturated rings. The molecule has 0 aliphatic carbocycles. The zero-order valence-corrected chi connectivity index (χ0v) is 17.3. The van der Waals surface area contributed by atoms with Crippen LogP contribution >= 0.6 is 0 Å². The largest absolute Gasteiger partial charge is 0.373 e. The van der Waals surface area contributed by atoms with Gasteiger partial charge in [0.25, 0.3) is 0 Å². The van der Waals surface area contributed by atoms with Gasteiger partial charge in [-0.15, -0.1) is 0 Å². The highest BCUT2D eigenvalue weighted by molar-refractivity contribution is 5.88. The number of fused-ring (bicyclic) bond motifs is 1. The van der Waals surface area contributed by atoms with Crippen LogP contribution in [0.2, 0.25) is 0 Å². The zero-order chi connectivity index (χ0) is 20.0. The van der Waals surface area contributed by atoms with Crippen molar-refractivity contribution in [2.75, 3.05) is 12.4 Å². The molecule has 0 amide bonds. The van der Waals surface area contributed by atoms with Crippen molar-refractivity contribution >= 4 is 22.2 Å². The van der Waals surface area contributed by atoms with E-state index >= 15 is 4.39 Å². The lowest BCUT2D eigenvalue weighted by molar-refractivity contribution is 0.623. The van der Waals surface area contributed by atoms with Gasteiger partial charge in [-0.2, -0.15) is 0 Å². The maximum atomic E-state index is 15.4. The van der Waals surface area contributed by atoms with E-state index in [9.17, 15) is 0 Å². The predicted octanol–water partition coefficient (Wildman–Crippen LogP) is 6.84. The van der Waals surface area contributed by atoms with Crippen LogP contribution in [0, 0.1) is 0 Å². The van der Waals surface area contributed by atoms with Crippen molar-refractivity contribution in [3.8, 4) is 0 Å². The van der Waals surface area contributed by atoms with Gasteiger partial charge in [-0.1, -0.05) is 31.9 Å². The van der Waals surface area contributed by atoms with Crippen molar-refractivity contribution in [1.82, 2.24) is 9.97 Å². The Kier molecular flexibility index (Phi) is 7.28. The number of halogens is 1. The van der Waals surface area contributed by atoms with E-state index < -0.39 is 0 Å². The molecule has 2 aromatic rings. The van der Waals surface area contributed by atoms with E-state index in [1.807, 2.05) is 58.4 Å². The summed E-state index contributed by atoms with van der Waals surface area (Å²) in [6, 6.07) is 3.93. The second-order valence-corrected chi connectivity index (χ2v) is 6.74. The third kappa shape index (κ3) is 4.62. The van der Waals surface area contributed by atoms with Gasteiger partial charge in [0.15, 0.2) is 0 Å². The molecule has 3 nitrogen and oxygen atoms in total. The van der Waals surface area contributed by atoms with Crippen molar-refractivity contribution in [2.24, 2.45) is 0 Å². The first kappa shape index (κ1) is 20.8. The van der Waals surface area contributed by atoms with Crippen LogP contribution in [-0.4, -0.2) is 17.0 Å². The summed E-state index contributed by atoms with van der Waals surface area (Å²) in [5, 5.41) is 5.02. The van der Waals surface area contributed by atoms with E-state index in [0.29, 0.717) is 5.57 Å². The van der Waals surface area contributed by atoms with Gasteiger partial charge in [0, 0.05) is 35.8 Å². The first-order valence-corrected chi connectivity index (χ1v) is 9.62. The average molecular weight is 368 g/mol. The standard InChI is InChI=1S/C23H30FN3/c1-7-10-20(15(4)8-2)23(24)16(5)19(9-3)21-11-17-14-27-22(25-6)12-18(17)13-26-21/h9,11-14H,7-8,10H2,1-6H3,(H,25,27)/b19-9+,20-15+,23-16+. The molecule has 0 saturated carbocycles. The number of pyridine rings is 2. The van der Waals surface area contributed by atoms with Crippen LogP contribution in [0.3, 0.4) is 0 Å². The number of allylic oxidation sites excluding steroid dienone is 6. The van der Waals surface area contributed by atoms with Gasteiger partial charge in [0.2, 0.25) is 0 Å². The van der Waals surface area contributed by atoms with Gasteiger partial charge in [0.05, 0.1) is 5.69 Å². The summed E-state index contributed by atoms with van der Waals surface area (Å²) in [6.07, 6.45) is 8.10. The van der Waals surface area contributed by atoms with Crippen LogP contribution in [0.25, 0.3) is 16.3 Å². The molecule has 0 aliphatic heterocycles. The Balaban J connectivity index is 2.53. The molecule has 0 aliphatic rings. The molecule has 0 saturated heterocycles. The van der Waals surface area contributed by atoms with E-state index in [0.717, 1.165) is 58.3 Å². The topological polar surface area (TPSA) is 37.8 Å². The second-order valence-electron chi connectivity index (χ2n) is 6.74. The molecule has 4 heteroatoms. The molecule has 27 heavy (non-hydrogen) atoms. The first-order chi connectivity index (χ1) is 13.0. The maximum Gasteiger partial charge on any atom is 0.129 e. The number of nitrogens with one attached hydrogen (secondary N) is 1. The third-order valence-corrected chi connectivity index (χ3v) is 4.97. The van der Waals surface area contributed by atoms with Gasteiger partial charge >= 0.3 is 0 Å². The lowest BCUT2D eigenvalue weighted by Gasteiger charge is -2.14. The van der Waals surface area contributed by atoms with Crippen molar-refractivity contribution in [2.45, 2.75) is 53.9 Å². The predicted molar refractivity (Wildman–Crippen MR) is 114 cm³/mol. The molecule has 2 rings (SSSR count). The van der Waals surface area contributed by atoms with E-state index in [4.69, 9.17) is 0 Å². The number of hydrogen-bond donors (Lipinski definition) is 1. The van der Waals surface area contributed by atoms with Gasteiger partial charge in [0.1, 0.15) is 11.6 Å². The quantitative estimate of drug-likeness (QED) is 0.544. The zero-order valence-electron chi connectivity index (χ0n) is 17.3. The fraction of sp³-hybridized carbons (Fsp3) is 0.391. The minimum atomic E-state index is -0.116. The Labute approximate surface area is 162 Å². The number of rotatable bonds is 7. The van der Waals surface area contributed by atoms with Crippen molar-refractivity contribution in [3.63, 3.8) is 0 Å². The van der Waals surface area contributed by atoms with E-state index in [1.165, 1.54) is 0 Å². The van der Waals surface area contributed by atoms with Crippen LogP contribution in [-0.2, 0) is 0 Å². The van der Waals surface area contributed by atoms with Gasteiger partial charge in [-0.3, -0.25) is 4.98 Å². The summed E-state index contributed by atoms with van der Waals surface area (Å²) >= 11 is 0. The third-order valence-electron chi connectivity index (χ3n) is 4.97. The molecular weight excluding hydrogens is 337 g/mol. The van der Waals surface area contributed by atoms with Crippen molar-refractivity contribution in [3.05, 3.63) is 58.8 Å². The SMILES string of the molecule is C\C=C(/C(C)=C(F)\C(CCC)=C(/C)CC)c1cc2cnc(NC)cc2cn1. The Morgan fingerprint density at radius 2 is 1.78 bits per heavy atom. The minimum Gasteiger partial charge on any atom is -0.373 e. The van der Waals surface area contributed by atoms with Crippen LogP contribution in [0.4, 0.5) is 10.2 Å². The van der Waals surface area contributed by atoms with Gasteiger partial charge in [-0.05, 0) is 56.9 Å². The first-order valence-electron chi connectivity index (χ1n) is 9.62. The molecule has 0 spiro atoms. The molecular formula is C23H30FN3. The second kappa shape index (κ2) is 9.45. The normalized spacial score (nSPS) is 14.1. The van der Waals surface area contributed by atoms with Crippen LogP contribution < -0.4 is 5.32 Å². The van der Waals surface area contributed by atoms with Crippen LogP contribution in [0.1, 0.15) is 59.6 Å². The Morgan fingerprint density at radius 3 is 2.37 bits per heavy atom. The van der Waals surface area contributed by atoms with Crippen LogP contribution in [0.15, 0.2) is 53.1 Å². The van der Waals surface area contributed by atoms with Gasteiger partial charge < -0.3 is 5.32 Å². The fourth-order valence-corrected chi connectivity index (χ4v) is 3.20. The summed E-state index contributed by atoms with van der Waals surface area (Å²) in [7, 11) is 1.84. The molecule has 0 radical (unpaired) electrons. The molecule has 0 aromatic carbocycles. The molecule has 0 unspecified atom stereocenters. The Bertz CT molecular complexity index is 907. The lowest BCUT2D eigenvalue weighted by atomic mass is 9.94. The van der Waals surface area contributed by atoms with Crippen molar-refractivity contribution in [1.29, 1.82) is 0 Å². The monoisotopic (exact) mass is 367 g/mol. The Morgan fingerprint density at radius 1 is 1.11 bits per heavy atom. The molecule has 1 N–H and O–H groups in total. The molecule has 2 aromatic heterocycles. The minimum absolute atomic E-state index is 0.116. The highest BCUT2D eigenvalue weighted by Crippen LogP contribution is 2.33. The Hall–Kier alpha value is -2.49. The maximum absolute atomic E-state index is 15.4. The smallest absolute Gasteiger partial charge is 0.129 e. The number of anilines is 1. The number of aromatic nitrogens is 2. The number of nitrogens with zero attached hydrogens (tertiary/aromatic N) is 2. The summed E-state index contributed by atoms with van der Waals surface area (Å²) < 4.78 is 15.4. The van der Waals surface area contributed by atoms with Crippen molar-refractivity contribution < 1.29 is 4.39 Å². The fourth-order valence-electron chi connectivity index (χ4n) is 3.20. The van der Waals surface area contributed by atoms with E-state index in [2.05, 4.69) is 29.1 Å². The lowest BCUT2D eigenvalue weighted by Crippen LogP contribution is -1.98.